The second kappa shape index (κ2) is 8.35. The van der Waals surface area contributed by atoms with E-state index < -0.39 is 24.0 Å². The first kappa shape index (κ1) is 19.3. The Hall–Kier alpha value is -3.06. The molecule has 0 heterocycles. The maximum atomic E-state index is 12.3. The zero-order valence-electron chi connectivity index (χ0n) is 14.2. The topological polar surface area (TPSA) is 111 Å². The van der Waals surface area contributed by atoms with Crippen LogP contribution < -0.4 is 16.4 Å². The van der Waals surface area contributed by atoms with E-state index in [4.69, 9.17) is 22.1 Å². The van der Waals surface area contributed by atoms with E-state index in [1.807, 2.05) is 6.92 Å². The molecule has 0 aliphatic rings. The van der Waals surface area contributed by atoms with Gasteiger partial charge in [0, 0.05) is 16.4 Å². The summed E-state index contributed by atoms with van der Waals surface area (Å²) in [5.41, 5.74) is 6.93. The molecule has 0 aliphatic carbocycles. The Bertz CT molecular complexity index is 854. The molecule has 0 spiro atoms. The number of amides is 3. The average molecular weight is 376 g/mol. The molecule has 0 saturated carbocycles. The number of rotatable bonds is 5. The largest absolute Gasteiger partial charge is 0.449 e. The zero-order valence-corrected chi connectivity index (χ0v) is 15.0. The summed E-state index contributed by atoms with van der Waals surface area (Å²) in [5, 5.41) is 5.51. The van der Waals surface area contributed by atoms with Crippen molar-refractivity contribution in [3.05, 3.63) is 58.6 Å². The van der Waals surface area contributed by atoms with Crippen LogP contribution in [0.15, 0.2) is 42.5 Å². The molecule has 0 aromatic heterocycles. The number of anilines is 2. The minimum absolute atomic E-state index is 0.176. The van der Waals surface area contributed by atoms with Crippen LogP contribution in [0.25, 0.3) is 0 Å². The van der Waals surface area contributed by atoms with Crippen LogP contribution in [0.1, 0.15) is 22.8 Å². The van der Waals surface area contributed by atoms with Crippen LogP contribution in [0, 0.1) is 6.92 Å². The average Bonchev–Trinajstić information content (AvgIpc) is 2.57. The van der Waals surface area contributed by atoms with E-state index in [0.29, 0.717) is 16.4 Å². The number of halogens is 1. The van der Waals surface area contributed by atoms with Crippen molar-refractivity contribution < 1.29 is 19.1 Å². The minimum atomic E-state index is -1.03. The van der Waals surface area contributed by atoms with Gasteiger partial charge in [-0.15, -0.1) is 0 Å². The Balaban J connectivity index is 2.03. The molecule has 0 unspecified atom stereocenters. The van der Waals surface area contributed by atoms with Gasteiger partial charge in [-0.25, -0.2) is 9.59 Å². The fourth-order valence-electron chi connectivity index (χ4n) is 2.11. The van der Waals surface area contributed by atoms with Crippen molar-refractivity contribution in [3.8, 4) is 0 Å². The lowest BCUT2D eigenvalue weighted by Gasteiger charge is -2.15. The number of hydrogen-bond donors (Lipinski definition) is 3. The van der Waals surface area contributed by atoms with Gasteiger partial charge in [0.2, 0.25) is 0 Å². The van der Waals surface area contributed by atoms with Crippen molar-refractivity contribution >= 4 is 40.9 Å². The highest BCUT2D eigenvalue weighted by Crippen LogP contribution is 2.20. The monoisotopic (exact) mass is 375 g/mol. The number of carbonyl (C=O) groups excluding carboxylic acids is 3. The highest BCUT2D eigenvalue weighted by atomic mass is 35.5. The molecule has 26 heavy (non-hydrogen) atoms. The number of hydrogen-bond acceptors (Lipinski definition) is 4. The molecule has 3 amide bonds. The molecular formula is C18H18ClN3O4. The zero-order chi connectivity index (χ0) is 19.3. The van der Waals surface area contributed by atoms with Crippen LogP contribution in [0.5, 0.6) is 0 Å². The van der Waals surface area contributed by atoms with Gasteiger partial charge >= 0.3 is 12.0 Å². The number of esters is 1. The summed E-state index contributed by atoms with van der Waals surface area (Å²) < 4.78 is 5.17. The molecule has 0 bridgehead atoms. The summed E-state index contributed by atoms with van der Waals surface area (Å²) in [6.45, 7) is 3.28. The number of nitrogens with two attached hydrogens (primary N) is 1. The van der Waals surface area contributed by atoms with Crippen LogP contribution in [-0.4, -0.2) is 24.0 Å². The molecule has 8 heteroatoms. The summed E-state index contributed by atoms with van der Waals surface area (Å²) in [6.07, 6.45) is -1.03. The Morgan fingerprint density at radius 1 is 1.12 bits per heavy atom. The van der Waals surface area contributed by atoms with Gasteiger partial charge < -0.3 is 21.1 Å². The molecule has 136 valence electrons. The van der Waals surface area contributed by atoms with Crippen LogP contribution in [0.2, 0.25) is 5.02 Å². The fraction of sp³-hybridized carbons (Fsp3) is 0.167. The number of urea groups is 1. The first-order valence-corrected chi connectivity index (χ1v) is 8.08. The highest BCUT2D eigenvalue weighted by molar-refractivity contribution is 6.31. The van der Waals surface area contributed by atoms with E-state index in [1.165, 1.54) is 19.1 Å². The van der Waals surface area contributed by atoms with E-state index in [9.17, 15) is 14.4 Å². The number of carbonyl (C=O) groups is 3. The summed E-state index contributed by atoms with van der Waals surface area (Å²) in [4.78, 5) is 35.3. The lowest BCUT2D eigenvalue weighted by molar-refractivity contribution is -0.123. The predicted octanol–water partition coefficient (Wildman–Crippen LogP) is 3.32. The van der Waals surface area contributed by atoms with E-state index in [-0.39, 0.29) is 5.56 Å². The summed E-state index contributed by atoms with van der Waals surface area (Å²) >= 11 is 5.92. The van der Waals surface area contributed by atoms with Crippen LogP contribution in [-0.2, 0) is 9.53 Å². The lowest BCUT2D eigenvalue weighted by atomic mass is 10.2. The van der Waals surface area contributed by atoms with Crippen molar-refractivity contribution in [2.45, 2.75) is 20.0 Å². The number of aryl methyl sites for hydroxylation is 1. The van der Waals surface area contributed by atoms with Gasteiger partial charge in [0.05, 0.1) is 5.56 Å². The van der Waals surface area contributed by atoms with Crippen LogP contribution in [0.3, 0.4) is 0 Å². The molecule has 2 rings (SSSR count). The molecule has 0 radical (unpaired) electrons. The number of ether oxygens (including phenoxy) is 1. The Morgan fingerprint density at radius 3 is 2.54 bits per heavy atom. The van der Waals surface area contributed by atoms with Crippen molar-refractivity contribution in [3.63, 3.8) is 0 Å². The number of benzene rings is 2. The maximum Gasteiger partial charge on any atom is 0.338 e. The molecular weight excluding hydrogens is 358 g/mol. The van der Waals surface area contributed by atoms with Crippen molar-refractivity contribution in [1.82, 2.24) is 0 Å². The fourth-order valence-corrected chi connectivity index (χ4v) is 2.28. The molecule has 0 saturated heterocycles. The Kier molecular flexibility index (Phi) is 6.19. The lowest BCUT2D eigenvalue weighted by Crippen LogP contribution is -2.30. The van der Waals surface area contributed by atoms with E-state index >= 15 is 0 Å². The highest BCUT2D eigenvalue weighted by Gasteiger charge is 2.20. The molecule has 2 aromatic carbocycles. The molecule has 1 atom stereocenters. The van der Waals surface area contributed by atoms with Crippen molar-refractivity contribution in [2.24, 2.45) is 5.73 Å². The normalized spacial score (nSPS) is 11.3. The van der Waals surface area contributed by atoms with Gasteiger partial charge in [-0.1, -0.05) is 23.7 Å². The molecule has 0 fully saturated rings. The third-order valence-electron chi connectivity index (χ3n) is 3.48. The van der Waals surface area contributed by atoms with E-state index in [2.05, 4.69) is 10.6 Å². The predicted molar refractivity (Wildman–Crippen MR) is 99.3 cm³/mol. The smallest absolute Gasteiger partial charge is 0.338 e. The molecule has 7 nitrogen and oxygen atoms in total. The summed E-state index contributed by atoms with van der Waals surface area (Å²) in [6, 6.07) is 10.4. The van der Waals surface area contributed by atoms with Gasteiger partial charge in [0.15, 0.2) is 6.10 Å². The van der Waals surface area contributed by atoms with Gasteiger partial charge in [0.25, 0.3) is 5.91 Å². The Morgan fingerprint density at radius 2 is 1.85 bits per heavy atom. The van der Waals surface area contributed by atoms with Crippen LogP contribution >= 0.6 is 11.6 Å². The van der Waals surface area contributed by atoms with Crippen molar-refractivity contribution in [2.75, 3.05) is 10.6 Å². The van der Waals surface area contributed by atoms with E-state index in [1.54, 1.807) is 30.3 Å². The summed E-state index contributed by atoms with van der Waals surface area (Å²) in [7, 11) is 0. The second-order valence-corrected chi connectivity index (χ2v) is 6.00. The standard InChI is InChI=1S/C18H18ClN3O4/c1-10-6-7-13(19)9-15(10)22-16(23)11(2)26-17(24)12-4-3-5-14(8-12)21-18(20)25/h3-9,11H,1-2H3,(H,22,23)(H3,20,21,25)/t11-/m0/s1. The minimum Gasteiger partial charge on any atom is -0.449 e. The first-order chi connectivity index (χ1) is 12.3. The molecule has 0 aliphatic heterocycles. The Labute approximate surface area is 155 Å². The quantitative estimate of drug-likeness (QED) is 0.696. The molecule has 2 aromatic rings. The first-order valence-electron chi connectivity index (χ1n) is 7.71. The van der Waals surface area contributed by atoms with Gasteiger partial charge in [-0.2, -0.15) is 0 Å². The van der Waals surface area contributed by atoms with E-state index in [0.717, 1.165) is 5.56 Å². The van der Waals surface area contributed by atoms with Gasteiger partial charge in [0.1, 0.15) is 0 Å². The third-order valence-corrected chi connectivity index (χ3v) is 3.71. The maximum absolute atomic E-state index is 12.3. The molecule has 4 N–H and O–H groups in total. The number of nitrogens with one attached hydrogen (secondary N) is 2. The second-order valence-electron chi connectivity index (χ2n) is 5.57. The SMILES string of the molecule is Cc1ccc(Cl)cc1NC(=O)[C@H](C)OC(=O)c1cccc(NC(N)=O)c1. The van der Waals surface area contributed by atoms with Crippen molar-refractivity contribution in [1.29, 1.82) is 0 Å². The number of primary amides is 1. The summed E-state index contributed by atoms with van der Waals surface area (Å²) in [5.74, 6) is -1.20. The van der Waals surface area contributed by atoms with Gasteiger partial charge in [-0.3, -0.25) is 4.79 Å². The van der Waals surface area contributed by atoms with Crippen LogP contribution in [0.4, 0.5) is 16.2 Å². The van der Waals surface area contributed by atoms with Gasteiger partial charge in [-0.05, 0) is 49.7 Å². The third kappa shape index (κ3) is 5.22.